The van der Waals surface area contributed by atoms with Crippen molar-refractivity contribution in [1.82, 2.24) is 10.2 Å². The van der Waals surface area contributed by atoms with Crippen molar-refractivity contribution in [3.8, 4) is 0 Å². The fourth-order valence-electron chi connectivity index (χ4n) is 2.67. The zero-order valence-corrected chi connectivity index (χ0v) is 11.1. The number of aliphatic carboxylic acids is 1. The van der Waals surface area contributed by atoms with Gasteiger partial charge in [0, 0.05) is 32.8 Å². The average molecular weight is 270 g/mol. The Kier molecular flexibility index (Phi) is 5.01. The number of ether oxygens (including phenoxy) is 1. The third-order valence-electron chi connectivity index (χ3n) is 3.91. The Hall–Kier alpha value is -1.30. The molecule has 2 heterocycles. The summed E-state index contributed by atoms with van der Waals surface area (Å²) in [4.78, 5) is 24.5. The monoisotopic (exact) mass is 270 g/mol. The second-order valence-electron chi connectivity index (χ2n) is 5.37. The number of nitrogens with one attached hydrogen (secondary N) is 1. The minimum atomic E-state index is -0.805. The highest BCUT2D eigenvalue weighted by molar-refractivity contribution is 5.76. The molecule has 6 nitrogen and oxygen atoms in total. The Morgan fingerprint density at radius 2 is 2.21 bits per heavy atom. The molecule has 2 amide bonds. The highest BCUT2D eigenvalue weighted by Gasteiger charge is 2.28. The summed E-state index contributed by atoms with van der Waals surface area (Å²) in [5, 5.41) is 11.9. The molecule has 0 aliphatic carbocycles. The molecule has 0 aromatic rings. The Labute approximate surface area is 113 Å². The van der Waals surface area contributed by atoms with Crippen molar-refractivity contribution in [3.05, 3.63) is 0 Å². The molecule has 6 heteroatoms. The highest BCUT2D eigenvalue weighted by atomic mass is 16.5. The van der Waals surface area contributed by atoms with Crippen LogP contribution in [-0.4, -0.2) is 54.9 Å². The molecule has 0 saturated carbocycles. The first-order valence-corrected chi connectivity index (χ1v) is 7.00. The molecular formula is C13H22N2O4. The lowest BCUT2D eigenvalue weighted by Crippen LogP contribution is -2.47. The van der Waals surface area contributed by atoms with E-state index in [9.17, 15) is 9.59 Å². The van der Waals surface area contributed by atoms with E-state index in [1.807, 2.05) is 0 Å². The summed E-state index contributed by atoms with van der Waals surface area (Å²) in [5.41, 5.74) is 0. The second-order valence-corrected chi connectivity index (χ2v) is 5.37. The highest BCUT2D eigenvalue weighted by Crippen LogP contribution is 2.17. The molecule has 2 saturated heterocycles. The number of carbonyl (C=O) groups excluding carboxylic acids is 1. The van der Waals surface area contributed by atoms with Crippen LogP contribution in [0.3, 0.4) is 0 Å². The maximum absolute atomic E-state index is 11.9. The van der Waals surface area contributed by atoms with Crippen LogP contribution < -0.4 is 5.32 Å². The first kappa shape index (κ1) is 14.1. The van der Waals surface area contributed by atoms with Gasteiger partial charge in [-0.15, -0.1) is 0 Å². The van der Waals surface area contributed by atoms with Gasteiger partial charge in [0.1, 0.15) is 0 Å². The zero-order chi connectivity index (χ0) is 13.7. The first-order chi connectivity index (χ1) is 9.16. The number of likely N-dealkylation sites (tertiary alicyclic amines) is 1. The van der Waals surface area contributed by atoms with Crippen molar-refractivity contribution in [1.29, 1.82) is 0 Å². The van der Waals surface area contributed by atoms with Crippen molar-refractivity contribution in [2.45, 2.75) is 25.7 Å². The molecule has 108 valence electrons. The van der Waals surface area contributed by atoms with Gasteiger partial charge in [0.05, 0.1) is 5.92 Å². The van der Waals surface area contributed by atoms with Crippen LogP contribution in [0, 0.1) is 11.8 Å². The van der Waals surface area contributed by atoms with Crippen molar-refractivity contribution in [2.24, 2.45) is 11.8 Å². The van der Waals surface area contributed by atoms with Crippen LogP contribution in [0.2, 0.25) is 0 Å². The normalized spacial score (nSPS) is 27.3. The van der Waals surface area contributed by atoms with E-state index in [2.05, 4.69) is 5.32 Å². The van der Waals surface area contributed by atoms with Crippen molar-refractivity contribution in [2.75, 3.05) is 32.8 Å². The Bertz CT molecular complexity index is 329. The quantitative estimate of drug-likeness (QED) is 0.796. The molecule has 19 heavy (non-hydrogen) atoms. The van der Waals surface area contributed by atoms with Gasteiger partial charge in [-0.1, -0.05) is 0 Å². The molecule has 2 atom stereocenters. The minimum Gasteiger partial charge on any atom is -0.481 e. The maximum atomic E-state index is 11.9. The van der Waals surface area contributed by atoms with Gasteiger partial charge in [-0.3, -0.25) is 4.79 Å². The molecule has 0 aromatic carbocycles. The number of carboxylic acid groups (broad SMARTS) is 1. The molecule has 0 spiro atoms. The topological polar surface area (TPSA) is 78.9 Å². The van der Waals surface area contributed by atoms with Gasteiger partial charge in [-0.2, -0.15) is 0 Å². The van der Waals surface area contributed by atoms with E-state index in [-0.39, 0.29) is 6.03 Å². The summed E-state index contributed by atoms with van der Waals surface area (Å²) in [6.07, 6.45) is 3.43. The van der Waals surface area contributed by atoms with Crippen LogP contribution >= 0.6 is 0 Å². The van der Waals surface area contributed by atoms with Crippen LogP contribution in [0.1, 0.15) is 25.7 Å². The number of carbonyl (C=O) groups is 2. The van der Waals surface area contributed by atoms with Crippen molar-refractivity contribution >= 4 is 12.0 Å². The Morgan fingerprint density at radius 3 is 2.89 bits per heavy atom. The fraction of sp³-hybridized carbons (Fsp3) is 0.846. The van der Waals surface area contributed by atoms with E-state index in [4.69, 9.17) is 9.84 Å². The van der Waals surface area contributed by atoms with E-state index in [0.29, 0.717) is 32.0 Å². The van der Waals surface area contributed by atoms with Gasteiger partial charge in [0.2, 0.25) is 0 Å². The van der Waals surface area contributed by atoms with Crippen molar-refractivity contribution in [3.63, 3.8) is 0 Å². The summed E-state index contributed by atoms with van der Waals surface area (Å²) >= 11 is 0. The van der Waals surface area contributed by atoms with Crippen LogP contribution in [0.25, 0.3) is 0 Å². The SMILES string of the molecule is O=C(O)[C@@H]1CCCN(C(=O)NCCC2CCOC2)C1. The van der Waals surface area contributed by atoms with Crippen LogP contribution in [0.4, 0.5) is 4.79 Å². The summed E-state index contributed by atoms with van der Waals surface area (Å²) < 4.78 is 5.28. The molecule has 2 aliphatic heterocycles. The van der Waals surface area contributed by atoms with Gasteiger partial charge in [0.25, 0.3) is 0 Å². The van der Waals surface area contributed by atoms with Gasteiger partial charge >= 0.3 is 12.0 Å². The van der Waals surface area contributed by atoms with Gasteiger partial charge in [-0.25, -0.2) is 4.79 Å². The van der Waals surface area contributed by atoms with E-state index in [1.54, 1.807) is 4.90 Å². The number of carboxylic acids is 1. The molecule has 0 radical (unpaired) electrons. The van der Waals surface area contributed by atoms with Gasteiger partial charge < -0.3 is 20.1 Å². The number of piperidine rings is 1. The van der Waals surface area contributed by atoms with E-state index >= 15 is 0 Å². The van der Waals surface area contributed by atoms with Crippen LogP contribution in [0.15, 0.2) is 0 Å². The smallest absolute Gasteiger partial charge is 0.317 e. The lowest BCUT2D eigenvalue weighted by Gasteiger charge is -2.30. The summed E-state index contributed by atoms with van der Waals surface area (Å²) in [5.74, 6) is -0.670. The molecule has 2 fully saturated rings. The number of urea groups is 1. The largest absolute Gasteiger partial charge is 0.481 e. The van der Waals surface area contributed by atoms with Gasteiger partial charge in [0.15, 0.2) is 0 Å². The number of hydrogen-bond donors (Lipinski definition) is 2. The third kappa shape index (κ3) is 4.09. The summed E-state index contributed by atoms with van der Waals surface area (Å²) in [7, 11) is 0. The summed E-state index contributed by atoms with van der Waals surface area (Å²) in [6, 6.07) is -0.134. The zero-order valence-electron chi connectivity index (χ0n) is 11.1. The standard InChI is InChI=1S/C13H22N2O4/c16-12(17)11-2-1-6-15(8-11)13(18)14-5-3-10-4-7-19-9-10/h10-11H,1-9H2,(H,14,18)(H,16,17)/t10?,11-/m1/s1. The van der Waals surface area contributed by atoms with Crippen molar-refractivity contribution < 1.29 is 19.4 Å². The molecule has 2 rings (SSSR count). The predicted molar refractivity (Wildman–Crippen MR) is 68.9 cm³/mol. The maximum Gasteiger partial charge on any atom is 0.317 e. The molecule has 2 aliphatic rings. The lowest BCUT2D eigenvalue weighted by atomic mass is 9.99. The predicted octanol–water partition coefficient (Wildman–Crippen LogP) is 0.919. The molecule has 2 N–H and O–H groups in total. The summed E-state index contributed by atoms with van der Waals surface area (Å²) in [6.45, 7) is 3.24. The number of nitrogens with zero attached hydrogens (tertiary/aromatic N) is 1. The number of amides is 2. The third-order valence-corrected chi connectivity index (χ3v) is 3.91. The average Bonchev–Trinajstić information content (AvgIpc) is 2.92. The first-order valence-electron chi connectivity index (χ1n) is 7.00. The fourth-order valence-corrected chi connectivity index (χ4v) is 2.67. The second kappa shape index (κ2) is 6.75. The van der Waals surface area contributed by atoms with E-state index in [0.717, 1.165) is 32.5 Å². The molecule has 0 bridgehead atoms. The lowest BCUT2D eigenvalue weighted by molar-refractivity contribution is -0.143. The Morgan fingerprint density at radius 1 is 1.37 bits per heavy atom. The van der Waals surface area contributed by atoms with Gasteiger partial charge in [-0.05, 0) is 31.6 Å². The van der Waals surface area contributed by atoms with Crippen LogP contribution in [-0.2, 0) is 9.53 Å². The van der Waals surface area contributed by atoms with Crippen LogP contribution in [0.5, 0.6) is 0 Å². The molecule has 0 aromatic heterocycles. The number of rotatable bonds is 4. The van der Waals surface area contributed by atoms with E-state index in [1.165, 1.54) is 0 Å². The Balaban J connectivity index is 1.68. The van der Waals surface area contributed by atoms with E-state index < -0.39 is 11.9 Å². The molecular weight excluding hydrogens is 248 g/mol. The molecule has 1 unspecified atom stereocenters. The number of hydrogen-bond acceptors (Lipinski definition) is 3. The minimum absolute atomic E-state index is 0.134.